The molecule has 0 radical (unpaired) electrons. The van der Waals surface area contributed by atoms with Crippen LogP contribution in [0.4, 0.5) is 11.8 Å². The summed E-state index contributed by atoms with van der Waals surface area (Å²) in [5.74, 6) is 1.38. The highest BCUT2D eigenvalue weighted by atomic mass is 16.5. The van der Waals surface area contributed by atoms with Gasteiger partial charge in [0.1, 0.15) is 11.0 Å². The molecular formula is C25H26N6O. The average Bonchev–Trinajstić information content (AvgIpc) is 3.17. The molecule has 0 spiro atoms. The molecule has 0 atom stereocenters. The minimum Gasteiger partial charge on any atom is -0.378 e. The monoisotopic (exact) mass is 426 g/mol. The van der Waals surface area contributed by atoms with E-state index >= 15 is 0 Å². The molecule has 162 valence electrons. The maximum Gasteiger partial charge on any atom is 0.228 e. The Balaban J connectivity index is 1.59. The number of hydrazone groups is 1. The summed E-state index contributed by atoms with van der Waals surface area (Å²) in [7, 11) is 2.02. The predicted molar refractivity (Wildman–Crippen MR) is 129 cm³/mol. The normalized spacial score (nSPS) is 14.4. The van der Waals surface area contributed by atoms with E-state index < -0.39 is 0 Å². The van der Waals surface area contributed by atoms with Gasteiger partial charge in [-0.05, 0) is 18.1 Å². The van der Waals surface area contributed by atoms with Gasteiger partial charge in [-0.2, -0.15) is 10.1 Å². The molecule has 3 heterocycles. The number of morpholine rings is 1. The lowest BCUT2D eigenvalue weighted by molar-refractivity contribution is 0.122. The van der Waals surface area contributed by atoms with Gasteiger partial charge in [0.2, 0.25) is 5.95 Å². The van der Waals surface area contributed by atoms with Crippen LogP contribution in [0.1, 0.15) is 11.1 Å². The van der Waals surface area contributed by atoms with E-state index in [2.05, 4.69) is 57.4 Å². The van der Waals surface area contributed by atoms with E-state index in [1.54, 1.807) is 0 Å². The van der Waals surface area contributed by atoms with Gasteiger partial charge < -0.3 is 14.2 Å². The summed E-state index contributed by atoms with van der Waals surface area (Å²) in [4.78, 5) is 12.0. The Labute approximate surface area is 187 Å². The van der Waals surface area contributed by atoms with Crippen molar-refractivity contribution in [2.45, 2.75) is 6.92 Å². The Bertz CT molecular complexity index is 1260. The quantitative estimate of drug-likeness (QED) is 0.382. The van der Waals surface area contributed by atoms with Crippen LogP contribution < -0.4 is 10.3 Å². The highest BCUT2D eigenvalue weighted by Crippen LogP contribution is 2.33. The number of hydrogen-bond donors (Lipinski definition) is 1. The van der Waals surface area contributed by atoms with Crippen molar-refractivity contribution >= 4 is 29.0 Å². The van der Waals surface area contributed by atoms with Crippen molar-refractivity contribution in [2.24, 2.45) is 12.1 Å². The number of aromatic nitrogens is 3. The molecule has 0 unspecified atom stereocenters. The lowest BCUT2D eigenvalue weighted by Crippen LogP contribution is -2.37. The Hall–Kier alpha value is -3.71. The van der Waals surface area contributed by atoms with Crippen LogP contribution in [-0.2, 0) is 11.8 Å². The van der Waals surface area contributed by atoms with Crippen LogP contribution in [0.5, 0.6) is 0 Å². The number of fused-ring (bicyclic) bond motifs is 1. The maximum absolute atomic E-state index is 5.52. The lowest BCUT2D eigenvalue weighted by atomic mass is 10.1. The molecule has 0 amide bonds. The highest BCUT2D eigenvalue weighted by molar-refractivity contribution is 5.99. The molecule has 1 saturated heterocycles. The predicted octanol–water partition coefficient (Wildman–Crippen LogP) is 4.23. The van der Waals surface area contributed by atoms with Gasteiger partial charge in [0, 0.05) is 31.9 Å². The molecule has 7 heteroatoms. The second kappa shape index (κ2) is 8.80. The number of hydrogen-bond acceptors (Lipinski definition) is 6. The lowest BCUT2D eigenvalue weighted by Gasteiger charge is -2.27. The first-order valence-electron chi connectivity index (χ1n) is 10.8. The molecule has 2 aromatic heterocycles. The van der Waals surface area contributed by atoms with Crippen LogP contribution in [0.15, 0.2) is 65.9 Å². The van der Waals surface area contributed by atoms with Gasteiger partial charge in [-0.15, -0.1) is 0 Å². The molecule has 0 bridgehead atoms. The summed E-state index contributed by atoms with van der Waals surface area (Å²) in [6.45, 7) is 4.96. The number of ether oxygens (including phenoxy) is 1. The summed E-state index contributed by atoms with van der Waals surface area (Å²) >= 11 is 0. The second-order valence-corrected chi connectivity index (χ2v) is 7.97. The zero-order chi connectivity index (χ0) is 21.9. The Kier molecular flexibility index (Phi) is 5.56. The van der Waals surface area contributed by atoms with Crippen molar-refractivity contribution in [3.63, 3.8) is 0 Å². The van der Waals surface area contributed by atoms with Crippen LogP contribution in [0.2, 0.25) is 0 Å². The van der Waals surface area contributed by atoms with Crippen molar-refractivity contribution in [1.29, 1.82) is 0 Å². The first-order valence-corrected chi connectivity index (χ1v) is 10.8. The molecular weight excluding hydrogens is 400 g/mol. The molecule has 1 aliphatic rings. The summed E-state index contributed by atoms with van der Waals surface area (Å²) < 4.78 is 7.58. The van der Waals surface area contributed by atoms with Crippen molar-refractivity contribution < 1.29 is 4.74 Å². The third-order valence-corrected chi connectivity index (χ3v) is 5.61. The van der Waals surface area contributed by atoms with Gasteiger partial charge in [0.15, 0.2) is 5.82 Å². The van der Waals surface area contributed by atoms with E-state index in [1.807, 2.05) is 43.6 Å². The fraction of sp³-hybridized carbons (Fsp3) is 0.240. The molecule has 0 saturated carbocycles. The van der Waals surface area contributed by atoms with Crippen LogP contribution in [-0.4, -0.2) is 47.1 Å². The van der Waals surface area contributed by atoms with Gasteiger partial charge in [-0.3, -0.25) is 5.43 Å². The number of aryl methyl sites for hydroxylation is 2. The van der Waals surface area contributed by atoms with E-state index in [-0.39, 0.29) is 0 Å². The molecule has 0 aliphatic carbocycles. The zero-order valence-corrected chi connectivity index (χ0v) is 18.3. The second-order valence-electron chi connectivity index (χ2n) is 7.97. The summed E-state index contributed by atoms with van der Waals surface area (Å²) in [5, 5.41) is 4.49. The van der Waals surface area contributed by atoms with Gasteiger partial charge >= 0.3 is 0 Å². The van der Waals surface area contributed by atoms with Gasteiger partial charge in [0.05, 0.1) is 19.4 Å². The molecule has 32 heavy (non-hydrogen) atoms. The number of rotatable bonds is 5. The van der Waals surface area contributed by atoms with E-state index in [4.69, 9.17) is 14.7 Å². The summed E-state index contributed by atoms with van der Waals surface area (Å²) in [6, 6.07) is 18.5. The Morgan fingerprint density at radius 2 is 1.84 bits per heavy atom. The molecule has 7 nitrogen and oxygen atoms in total. The minimum atomic E-state index is 0.677. The first-order chi connectivity index (χ1) is 15.7. The molecule has 1 aliphatic heterocycles. The van der Waals surface area contributed by atoms with E-state index in [0.717, 1.165) is 40.8 Å². The van der Waals surface area contributed by atoms with E-state index in [1.165, 1.54) is 5.56 Å². The van der Waals surface area contributed by atoms with E-state index in [9.17, 15) is 0 Å². The topological polar surface area (TPSA) is 67.6 Å². The van der Waals surface area contributed by atoms with Crippen molar-refractivity contribution in [1.82, 2.24) is 14.5 Å². The number of benzene rings is 2. The van der Waals surface area contributed by atoms with Crippen molar-refractivity contribution in [2.75, 3.05) is 36.6 Å². The first kappa shape index (κ1) is 20.2. The zero-order valence-electron chi connectivity index (χ0n) is 18.3. The molecule has 1 fully saturated rings. The Morgan fingerprint density at radius 3 is 2.62 bits per heavy atom. The SMILES string of the molecule is Cc1cccc(C=NNc2nc(N3CCOCC3)nc3c(-c4ccccc4)cn(C)c23)c1. The third-order valence-electron chi connectivity index (χ3n) is 5.61. The standard InChI is InChI=1S/C25H26N6O/c1-18-7-6-8-19(15-18)16-26-29-24-23-22(27-25(28-24)31-11-13-32-14-12-31)21(17-30(23)2)20-9-4-3-5-10-20/h3-10,15-17H,11-14H2,1-2H3,(H,27,28,29). The Morgan fingerprint density at radius 1 is 1.03 bits per heavy atom. The number of anilines is 2. The van der Waals surface area contributed by atoms with Gasteiger partial charge in [-0.25, -0.2) is 4.98 Å². The fourth-order valence-electron chi connectivity index (χ4n) is 4.01. The average molecular weight is 427 g/mol. The molecule has 4 aromatic rings. The molecule has 5 rings (SSSR count). The third kappa shape index (κ3) is 4.07. The highest BCUT2D eigenvalue weighted by Gasteiger charge is 2.20. The summed E-state index contributed by atoms with van der Waals surface area (Å²) in [6.07, 6.45) is 3.92. The van der Waals surface area contributed by atoms with Gasteiger partial charge in [0.25, 0.3) is 0 Å². The molecule has 2 aromatic carbocycles. The smallest absolute Gasteiger partial charge is 0.228 e. The fourth-order valence-corrected chi connectivity index (χ4v) is 4.01. The minimum absolute atomic E-state index is 0.677. The van der Waals surface area contributed by atoms with Crippen LogP contribution in [0.3, 0.4) is 0 Å². The number of nitrogens with zero attached hydrogens (tertiary/aromatic N) is 5. The molecule has 1 N–H and O–H groups in total. The maximum atomic E-state index is 5.52. The van der Waals surface area contributed by atoms with Crippen molar-refractivity contribution in [3.8, 4) is 11.1 Å². The van der Waals surface area contributed by atoms with E-state index in [0.29, 0.717) is 25.0 Å². The van der Waals surface area contributed by atoms with Crippen LogP contribution in [0, 0.1) is 6.92 Å². The summed E-state index contributed by atoms with van der Waals surface area (Å²) in [5.41, 5.74) is 9.44. The number of nitrogens with one attached hydrogen (secondary N) is 1. The largest absolute Gasteiger partial charge is 0.378 e. The van der Waals surface area contributed by atoms with Gasteiger partial charge in [-0.1, -0.05) is 60.2 Å². The van der Waals surface area contributed by atoms with Crippen LogP contribution >= 0.6 is 0 Å². The van der Waals surface area contributed by atoms with Crippen LogP contribution in [0.25, 0.3) is 22.2 Å². The van der Waals surface area contributed by atoms with Crippen molar-refractivity contribution in [3.05, 3.63) is 71.9 Å².